The summed E-state index contributed by atoms with van der Waals surface area (Å²) < 4.78 is 0. The summed E-state index contributed by atoms with van der Waals surface area (Å²) in [6.07, 6.45) is 0.934. The molecule has 2 atom stereocenters. The van der Waals surface area contributed by atoms with Gasteiger partial charge < -0.3 is 5.32 Å². The molecule has 0 aromatic heterocycles. The smallest absolute Gasteiger partial charge is 0.228 e. The van der Waals surface area contributed by atoms with Gasteiger partial charge in [0.15, 0.2) is 0 Å². The van der Waals surface area contributed by atoms with Gasteiger partial charge in [-0.1, -0.05) is 41.9 Å². The molecule has 1 saturated carbocycles. The topological polar surface area (TPSA) is 29.1 Å². The number of nitrogens with one attached hydrogen (secondary N) is 1. The summed E-state index contributed by atoms with van der Waals surface area (Å²) in [5.74, 6) is 0.558. The van der Waals surface area contributed by atoms with Crippen LogP contribution in [0.25, 0.3) is 0 Å². The van der Waals surface area contributed by atoms with Crippen LogP contribution in [0.3, 0.4) is 0 Å². The number of anilines is 1. The summed E-state index contributed by atoms with van der Waals surface area (Å²) in [7, 11) is 0. The van der Waals surface area contributed by atoms with E-state index in [1.165, 1.54) is 5.56 Å². The number of halogens is 1. The predicted octanol–water partition coefficient (Wildman–Crippen LogP) is 4.08. The van der Waals surface area contributed by atoms with Gasteiger partial charge in [-0.3, -0.25) is 4.79 Å². The van der Waals surface area contributed by atoms with Crippen LogP contribution in [0.2, 0.25) is 5.02 Å². The fraction of sp³-hybridized carbons (Fsp3) is 0.188. The first-order valence-corrected chi connectivity index (χ1v) is 6.73. The van der Waals surface area contributed by atoms with Crippen molar-refractivity contribution in [3.8, 4) is 0 Å². The Labute approximate surface area is 117 Å². The second-order valence-electron chi connectivity index (χ2n) is 4.86. The lowest BCUT2D eigenvalue weighted by Gasteiger charge is -2.05. The van der Waals surface area contributed by atoms with Gasteiger partial charge in [0, 0.05) is 16.6 Å². The molecular formula is C16H14ClNO. The molecule has 0 heterocycles. The molecule has 0 spiro atoms. The van der Waals surface area contributed by atoms with Crippen LogP contribution in [0.15, 0.2) is 54.6 Å². The lowest BCUT2D eigenvalue weighted by Crippen LogP contribution is -2.14. The Morgan fingerprint density at radius 1 is 1.05 bits per heavy atom. The van der Waals surface area contributed by atoms with Gasteiger partial charge in [-0.15, -0.1) is 0 Å². The molecule has 96 valence electrons. The molecule has 1 aliphatic rings. The highest BCUT2D eigenvalue weighted by molar-refractivity contribution is 6.30. The van der Waals surface area contributed by atoms with E-state index in [-0.39, 0.29) is 11.8 Å². The second kappa shape index (κ2) is 5.06. The molecule has 0 radical (unpaired) electrons. The molecule has 0 aliphatic heterocycles. The Hall–Kier alpha value is -1.80. The summed E-state index contributed by atoms with van der Waals surface area (Å²) in [6, 6.07) is 17.4. The van der Waals surface area contributed by atoms with Crippen LogP contribution in [0.4, 0.5) is 5.69 Å². The maximum atomic E-state index is 12.1. The predicted molar refractivity (Wildman–Crippen MR) is 77.4 cm³/mol. The third kappa shape index (κ3) is 2.79. The van der Waals surface area contributed by atoms with Crippen molar-refractivity contribution in [1.82, 2.24) is 0 Å². The Morgan fingerprint density at radius 2 is 1.74 bits per heavy atom. The number of rotatable bonds is 3. The average Bonchev–Trinajstić information content (AvgIpc) is 3.23. The van der Waals surface area contributed by atoms with Crippen LogP contribution >= 0.6 is 11.6 Å². The molecular weight excluding hydrogens is 258 g/mol. The zero-order valence-corrected chi connectivity index (χ0v) is 11.1. The Kier molecular flexibility index (Phi) is 3.26. The van der Waals surface area contributed by atoms with Crippen molar-refractivity contribution in [1.29, 1.82) is 0 Å². The van der Waals surface area contributed by atoms with Gasteiger partial charge in [0.1, 0.15) is 0 Å². The van der Waals surface area contributed by atoms with Gasteiger partial charge in [0.25, 0.3) is 0 Å². The van der Waals surface area contributed by atoms with E-state index >= 15 is 0 Å². The first kappa shape index (κ1) is 12.2. The molecule has 19 heavy (non-hydrogen) atoms. The maximum Gasteiger partial charge on any atom is 0.228 e. The molecule has 0 bridgehead atoms. The van der Waals surface area contributed by atoms with Gasteiger partial charge in [-0.25, -0.2) is 0 Å². The maximum absolute atomic E-state index is 12.1. The highest BCUT2D eigenvalue weighted by Crippen LogP contribution is 2.47. The minimum absolute atomic E-state index is 0.0937. The summed E-state index contributed by atoms with van der Waals surface area (Å²) in [4.78, 5) is 12.1. The number of carbonyl (C=O) groups excluding carboxylic acids is 1. The number of amides is 1. The molecule has 1 aliphatic carbocycles. The van der Waals surface area contributed by atoms with E-state index in [4.69, 9.17) is 11.6 Å². The van der Waals surface area contributed by atoms with E-state index in [9.17, 15) is 4.79 Å². The normalized spacial score (nSPS) is 20.9. The standard InChI is InChI=1S/C16H14ClNO/c17-12-6-8-13(9-7-12)18-16(19)15-10-14(15)11-4-2-1-3-5-11/h1-9,14-15H,10H2,(H,18,19)/t14-,15+/m1/s1. The Balaban J connectivity index is 1.63. The van der Waals surface area contributed by atoms with E-state index in [1.54, 1.807) is 12.1 Å². The Morgan fingerprint density at radius 3 is 2.42 bits per heavy atom. The third-order valence-corrected chi connectivity index (χ3v) is 3.72. The molecule has 3 rings (SSSR count). The highest BCUT2D eigenvalue weighted by atomic mass is 35.5. The molecule has 3 heteroatoms. The van der Waals surface area contributed by atoms with Crippen LogP contribution in [0.5, 0.6) is 0 Å². The number of hydrogen-bond donors (Lipinski definition) is 1. The van der Waals surface area contributed by atoms with Crippen molar-refractivity contribution >= 4 is 23.2 Å². The van der Waals surface area contributed by atoms with Crippen molar-refractivity contribution in [3.05, 3.63) is 65.2 Å². The Bertz CT molecular complexity index is 579. The summed E-state index contributed by atoms with van der Waals surface area (Å²) in [5, 5.41) is 3.61. The SMILES string of the molecule is O=C(Nc1ccc(Cl)cc1)[C@H]1C[C@@H]1c1ccccc1. The first-order valence-electron chi connectivity index (χ1n) is 6.35. The molecule has 2 aromatic rings. The van der Waals surface area contributed by atoms with Crippen LogP contribution in [-0.4, -0.2) is 5.91 Å². The van der Waals surface area contributed by atoms with Crippen LogP contribution in [0, 0.1) is 5.92 Å². The number of benzene rings is 2. The molecule has 2 aromatic carbocycles. The highest BCUT2D eigenvalue weighted by Gasteiger charge is 2.43. The minimum Gasteiger partial charge on any atom is -0.326 e. The van der Waals surface area contributed by atoms with E-state index in [0.717, 1.165) is 12.1 Å². The average molecular weight is 272 g/mol. The monoisotopic (exact) mass is 271 g/mol. The van der Waals surface area contributed by atoms with Gasteiger partial charge in [0.2, 0.25) is 5.91 Å². The third-order valence-electron chi connectivity index (χ3n) is 3.47. The lowest BCUT2D eigenvalue weighted by molar-refractivity contribution is -0.117. The van der Waals surface area contributed by atoms with E-state index in [1.807, 2.05) is 30.3 Å². The molecule has 2 nitrogen and oxygen atoms in total. The molecule has 1 N–H and O–H groups in total. The van der Waals surface area contributed by atoms with Crippen LogP contribution in [-0.2, 0) is 4.79 Å². The van der Waals surface area contributed by atoms with Crippen molar-refractivity contribution in [2.75, 3.05) is 5.32 Å². The van der Waals surface area contributed by atoms with E-state index in [2.05, 4.69) is 17.4 Å². The van der Waals surface area contributed by atoms with Crippen molar-refractivity contribution in [2.24, 2.45) is 5.92 Å². The largest absolute Gasteiger partial charge is 0.326 e. The van der Waals surface area contributed by atoms with E-state index < -0.39 is 0 Å². The van der Waals surface area contributed by atoms with Crippen LogP contribution in [0.1, 0.15) is 17.9 Å². The zero-order chi connectivity index (χ0) is 13.2. The van der Waals surface area contributed by atoms with Crippen molar-refractivity contribution < 1.29 is 4.79 Å². The zero-order valence-electron chi connectivity index (χ0n) is 10.3. The molecule has 0 saturated heterocycles. The van der Waals surface area contributed by atoms with Crippen LogP contribution < -0.4 is 5.32 Å². The quantitative estimate of drug-likeness (QED) is 0.895. The van der Waals surface area contributed by atoms with Gasteiger partial charge in [-0.05, 0) is 42.2 Å². The van der Waals surface area contributed by atoms with E-state index in [0.29, 0.717) is 10.9 Å². The van der Waals surface area contributed by atoms with Crippen molar-refractivity contribution in [3.63, 3.8) is 0 Å². The van der Waals surface area contributed by atoms with Gasteiger partial charge in [-0.2, -0.15) is 0 Å². The van der Waals surface area contributed by atoms with Crippen molar-refractivity contribution in [2.45, 2.75) is 12.3 Å². The molecule has 1 fully saturated rings. The number of carbonyl (C=O) groups is 1. The first-order chi connectivity index (χ1) is 9.24. The van der Waals surface area contributed by atoms with Gasteiger partial charge >= 0.3 is 0 Å². The summed E-state index contributed by atoms with van der Waals surface area (Å²) in [6.45, 7) is 0. The minimum atomic E-state index is 0.0937. The molecule has 0 unspecified atom stereocenters. The lowest BCUT2D eigenvalue weighted by atomic mass is 10.1. The second-order valence-corrected chi connectivity index (χ2v) is 5.29. The molecule has 1 amide bonds. The van der Waals surface area contributed by atoms with Gasteiger partial charge in [0.05, 0.1) is 0 Å². The summed E-state index contributed by atoms with van der Waals surface area (Å²) >= 11 is 5.81. The number of hydrogen-bond acceptors (Lipinski definition) is 1. The fourth-order valence-corrected chi connectivity index (χ4v) is 2.45. The fourth-order valence-electron chi connectivity index (χ4n) is 2.32. The summed E-state index contributed by atoms with van der Waals surface area (Å²) in [5.41, 5.74) is 2.05.